The second-order valence-corrected chi connectivity index (χ2v) is 7.32. The minimum absolute atomic E-state index is 0.473. The number of hydrogen-bond acceptors (Lipinski definition) is 8. The number of aromatic nitrogens is 4. The zero-order valence-electron chi connectivity index (χ0n) is 13.9. The van der Waals surface area contributed by atoms with E-state index in [1.165, 1.54) is 17.3 Å². The molecule has 1 N–H and O–H groups in total. The van der Waals surface area contributed by atoms with E-state index in [0.717, 1.165) is 22.1 Å². The van der Waals surface area contributed by atoms with Crippen LogP contribution in [0.5, 0.6) is 0 Å². The van der Waals surface area contributed by atoms with Crippen LogP contribution in [0, 0.1) is 6.92 Å². The van der Waals surface area contributed by atoms with Gasteiger partial charge in [0.25, 0.3) is 5.22 Å². The highest BCUT2D eigenvalue weighted by atomic mass is 32.2. The van der Waals surface area contributed by atoms with Crippen molar-refractivity contribution in [1.29, 1.82) is 0 Å². The molecule has 0 unspecified atom stereocenters. The third kappa shape index (κ3) is 4.09. The van der Waals surface area contributed by atoms with Crippen molar-refractivity contribution in [2.75, 3.05) is 5.32 Å². The summed E-state index contributed by atoms with van der Waals surface area (Å²) in [5.74, 6) is 1.14. The molecule has 0 radical (unpaired) electrons. The van der Waals surface area contributed by atoms with E-state index in [1.54, 1.807) is 23.7 Å². The summed E-state index contributed by atoms with van der Waals surface area (Å²) in [6, 6.07) is 12.0. The number of nitrogens with one attached hydrogen (secondary N) is 1. The normalized spacial score (nSPS) is 10.8. The Bertz CT molecular complexity index is 982. The van der Waals surface area contributed by atoms with Gasteiger partial charge in [-0.2, -0.15) is 0 Å². The van der Waals surface area contributed by atoms with Crippen LogP contribution >= 0.6 is 23.1 Å². The molecule has 4 aromatic rings. The zero-order valence-corrected chi connectivity index (χ0v) is 15.5. The third-order valence-corrected chi connectivity index (χ3v) is 5.17. The van der Waals surface area contributed by atoms with Gasteiger partial charge in [0.1, 0.15) is 0 Å². The predicted molar refractivity (Wildman–Crippen MR) is 104 cm³/mol. The second kappa shape index (κ2) is 7.67. The topological polar surface area (TPSA) is 76.7 Å². The van der Waals surface area contributed by atoms with E-state index in [4.69, 9.17) is 4.42 Å². The molecule has 0 bridgehead atoms. The number of thioether (sulfide) groups is 1. The van der Waals surface area contributed by atoms with Crippen LogP contribution in [0.4, 0.5) is 10.8 Å². The molecule has 0 aliphatic heterocycles. The molecule has 0 aliphatic rings. The lowest BCUT2D eigenvalue weighted by Crippen LogP contribution is -1.90. The van der Waals surface area contributed by atoms with Crippen molar-refractivity contribution in [2.24, 2.45) is 0 Å². The molecule has 0 spiro atoms. The van der Waals surface area contributed by atoms with Gasteiger partial charge in [-0.15, -0.1) is 21.5 Å². The van der Waals surface area contributed by atoms with Gasteiger partial charge in [0, 0.05) is 29.2 Å². The minimum atomic E-state index is 0.473. The van der Waals surface area contributed by atoms with Crippen LogP contribution in [-0.2, 0) is 5.75 Å². The molecule has 0 amide bonds. The van der Waals surface area contributed by atoms with Gasteiger partial charge in [0.15, 0.2) is 5.13 Å². The lowest BCUT2D eigenvalue weighted by molar-refractivity contribution is 0.465. The van der Waals surface area contributed by atoms with Crippen LogP contribution in [-0.4, -0.2) is 20.2 Å². The van der Waals surface area contributed by atoms with Crippen LogP contribution in [0.25, 0.3) is 11.5 Å². The number of benzene rings is 1. The number of rotatable bonds is 6. The maximum absolute atomic E-state index is 5.67. The quantitative estimate of drug-likeness (QED) is 0.474. The van der Waals surface area contributed by atoms with Gasteiger partial charge in [0.2, 0.25) is 5.89 Å². The number of thiazole rings is 1. The summed E-state index contributed by atoms with van der Waals surface area (Å²) in [6.07, 6.45) is 3.41. The molecule has 1 aromatic carbocycles. The van der Waals surface area contributed by atoms with Gasteiger partial charge in [-0.3, -0.25) is 4.98 Å². The number of anilines is 2. The first-order valence-electron chi connectivity index (χ1n) is 7.91. The molecule has 3 aromatic heterocycles. The first kappa shape index (κ1) is 16.7. The average Bonchev–Trinajstić information content (AvgIpc) is 3.32. The average molecular weight is 381 g/mol. The van der Waals surface area contributed by atoms with E-state index in [0.29, 0.717) is 16.9 Å². The van der Waals surface area contributed by atoms with Gasteiger partial charge in [0.05, 0.1) is 11.3 Å². The van der Waals surface area contributed by atoms with Crippen LogP contribution in [0.2, 0.25) is 0 Å². The standard InChI is InChI=1S/C18H15N5OS2/c1-12-4-6-14(7-5-12)20-17-21-15(10-25-17)11-26-18-23-22-16(24-18)13-3-2-8-19-9-13/h2-10H,11H2,1H3,(H,20,21). The fourth-order valence-electron chi connectivity index (χ4n) is 2.20. The molecular weight excluding hydrogens is 366 g/mol. The van der Waals surface area contributed by atoms with Crippen LogP contribution < -0.4 is 5.32 Å². The van der Waals surface area contributed by atoms with Crippen LogP contribution in [0.15, 0.2) is 63.8 Å². The Balaban J connectivity index is 1.36. The molecule has 0 aliphatic carbocycles. The van der Waals surface area contributed by atoms with E-state index in [9.17, 15) is 0 Å². The van der Waals surface area contributed by atoms with E-state index in [1.807, 2.05) is 29.6 Å². The van der Waals surface area contributed by atoms with Crippen molar-refractivity contribution in [3.05, 3.63) is 65.4 Å². The highest BCUT2D eigenvalue weighted by Gasteiger charge is 2.10. The molecule has 0 saturated heterocycles. The van der Waals surface area contributed by atoms with Crippen LogP contribution in [0.3, 0.4) is 0 Å². The summed E-state index contributed by atoms with van der Waals surface area (Å²) in [4.78, 5) is 8.65. The first-order chi connectivity index (χ1) is 12.8. The highest BCUT2D eigenvalue weighted by molar-refractivity contribution is 7.98. The molecule has 4 rings (SSSR count). The molecule has 8 heteroatoms. The Morgan fingerprint density at radius 2 is 2.04 bits per heavy atom. The zero-order chi connectivity index (χ0) is 17.8. The number of hydrogen-bond donors (Lipinski definition) is 1. The van der Waals surface area contributed by atoms with Crippen molar-refractivity contribution in [2.45, 2.75) is 17.9 Å². The largest absolute Gasteiger partial charge is 0.411 e. The summed E-state index contributed by atoms with van der Waals surface area (Å²) >= 11 is 3.04. The summed E-state index contributed by atoms with van der Waals surface area (Å²) in [7, 11) is 0. The molecule has 0 fully saturated rings. The van der Waals surface area contributed by atoms with Crippen molar-refractivity contribution >= 4 is 33.9 Å². The molecule has 3 heterocycles. The smallest absolute Gasteiger partial charge is 0.277 e. The van der Waals surface area contributed by atoms with Gasteiger partial charge in [-0.1, -0.05) is 29.5 Å². The van der Waals surface area contributed by atoms with E-state index in [2.05, 4.69) is 44.5 Å². The summed E-state index contributed by atoms with van der Waals surface area (Å²) in [6.45, 7) is 2.07. The monoisotopic (exact) mass is 381 g/mol. The first-order valence-corrected chi connectivity index (χ1v) is 9.77. The molecule has 26 heavy (non-hydrogen) atoms. The van der Waals surface area contributed by atoms with Crippen molar-refractivity contribution in [3.63, 3.8) is 0 Å². The number of aryl methyl sites for hydroxylation is 1. The summed E-state index contributed by atoms with van der Waals surface area (Å²) in [5, 5.41) is 14.9. The highest BCUT2D eigenvalue weighted by Crippen LogP contribution is 2.27. The lowest BCUT2D eigenvalue weighted by atomic mass is 10.2. The van der Waals surface area contributed by atoms with Gasteiger partial charge >= 0.3 is 0 Å². The van der Waals surface area contributed by atoms with Crippen molar-refractivity contribution < 1.29 is 4.42 Å². The lowest BCUT2D eigenvalue weighted by Gasteiger charge is -2.02. The van der Waals surface area contributed by atoms with Gasteiger partial charge < -0.3 is 9.73 Å². The Kier molecular flexibility index (Phi) is 4.94. The van der Waals surface area contributed by atoms with Gasteiger partial charge in [-0.25, -0.2) is 4.98 Å². The van der Waals surface area contributed by atoms with Gasteiger partial charge in [-0.05, 0) is 31.2 Å². The maximum Gasteiger partial charge on any atom is 0.277 e. The predicted octanol–water partition coefficient (Wildman–Crippen LogP) is 4.93. The summed E-state index contributed by atoms with van der Waals surface area (Å²) < 4.78 is 5.67. The maximum atomic E-state index is 5.67. The van der Waals surface area contributed by atoms with E-state index < -0.39 is 0 Å². The Hall–Kier alpha value is -2.71. The molecular formula is C18H15N5OS2. The molecule has 0 saturated carbocycles. The molecule has 130 valence electrons. The molecule has 0 atom stereocenters. The summed E-state index contributed by atoms with van der Waals surface area (Å²) in [5.41, 5.74) is 4.04. The Labute approximate surface area is 158 Å². The minimum Gasteiger partial charge on any atom is -0.411 e. The molecule has 6 nitrogen and oxygen atoms in total. The Morgan fingerprint density at radius 1 is 1.15 bits per heavy atom. The second-order valence-electron chi connectivity index (χ2n) is 5.54. The van der Waals surface area contributed by atoms with Crippen LogP contribution in [0.1, 0.15) is 11.3 Å². The number of nitrogens with zero attached hydrogens (tertiary/aromatic N) is 4. The Morgan fingerprint density at radius 3 is 2.85 bits per heavy atom. The SMILES string of the molecule is Cc1ccc(Nc2nc(CSc3nnc(-c4cccnc4)o3)cs2)cc1. The number of pyridine rings is 1. The fourth-order valence-corrected chi connectivity index (χ4v) is 3.69. The van der Waals surface area contributed by atoms with E-state index >= 15 is 0 Å². The third-order valence-electron chi connectivity index (χ3n) is 3.51. The van der Waals surface area contributed by atoms with E-state index in [-0.39, 0.29) is 0 Å². The fraction of sp³-hybridized carbons (Fsp3) is 0.111. The van der Waals surface area contributed by atoms with Crippen molar-refractivity contribution in [3.8, 4) is 11.5 Å². The van der Waals surface area contributed by atoms with Crippen molar-refractivity contribution in [1.82, 2.24) is 20.2 Å².